The lowest BCUT2D eigenvalue weighted by Crippen LogP contribution is -2.03. The van der Waals surface area contributed by atoms with Gasteiger partial charge in [-0.05, 0) is 50.1 Å². The first kappa shape index (κ1) is 19.2. The zero-order valence-electron chi connectivity index (χ0n) is 15.9. The van der Waals surface area contributed by atoms with Crippen LogP contribution in [-0.2, 0) is 4.79 Å². The molecule has 3 heterocycles. The fourth-order valence-corrected chi connectivity index (χ4v) is 4.00. The van der Waals surface area contributed by atoms with E-state index in [0.717, 1.165) is 45.6 Å². The number of ketones is 1. The number of Topliss-reactive ketones (excluding diaryl/α,β-unsaturated/α-hetero) is 1. The number of carbonyl (C=O) groups is 1. The van der Waals surface area contributed by atoms with Crippen molar-refractivity contribution in [3.8, 4) is 10.6 Å². The van der Waals surface area contributed by atoms with Gasteiger partial charge in [-0.25, -0.2) is 15.0 Å². The van der Waals surface area contributed by atoms with Gasteiger partial charge < -0.3 is 10.1 Å². The number of nitrogens with one attached hydrogen (secondary N) is 1. The molecule has 5 nitrogen and oxygen atoms in total. The highest BCUT2D eigenvalue weighted by molar-refractivity contribution is 7.15. The van der Waals surface area contributed by atoms with Gasteiger partial charge in [0, 0.05) is 24.7 Å². The number of hydrogen-bond acceptors (Lipinski definition) is 6. The minimum Gasteiger partial charge on any atom is -0.325 e. The van der Waals surface area contributed by atoms with E-state index in [-0.39, 0.29) is 11.7 Å². The average Bonchev–Trinajstić information content (AvgIpc) is 3.11. The number of pyridine rings is 2. The van der Waals surface area contributed by atoms with E-state index in [9.17, 15) is 4.79 Å². The van der Waals surface area contributed by atoms with Gasteiger partial charge in [0.15, 0.2) is 0 Å². The SMILES string of the molecule is CCCC(CC(C)=O)c1ncc(-c2cccc(Nc3cc(C)ccn3)n2)s1. The summed E-state index contributed by atoms with van der Waals surface area (Å²) in [5, 5.41) is 4.26. The Hall–Kier alpha value is -2.60. The molecule has 3 rings (SSSR count). The van der Waals surface area contributed by atoms with Crippen LogP contribution in [0.25, 0.3) is 10.6 Å². The van der Waals surface area contributed by atoms with Crippen molar-refractivity contribution in [1.29, 1.82) is 0 Å². The Kier molecular flexibility index (Phi) is 6.29. The minimum atomic E-state index is 0.198. The van der Waals surface area contributed by atoms with Crippen LogP contribution in [0.1, 0.15) is 49.6 Å². The van der Waals surface area contributed by atoms with Crippen molar-refractivity contribution in [2.75, 3.05) is 5.32 Å². The molecular formula is C21H24N4OS. The lowest BCUT2D eigenvalue weighted by molar-refractivity contribution is -0.117. The van der Waals surface area contributed by atoms with E-state index in [1.807, 2.05) is 43.5 Å². The molecule has 0 aliphatic carbocycles. The van der Waals surface area contributed by atoms with Crippen LogP contribution >= 0.6 is 11.3 Å². The van der Waals surface area contributed by atoms with Crippen LogP contribution < -0.4 is 5.32 Å². The molecule has 0 saturated carbocycles. The minimum absolute atomic E-state index is 0.198. The van der Waals surface area contributed by atoms with E-state index in [1.54, 1.807) is 24.5 Å². The molecule has 0 radical (unpaired) electrons. The maximum Gasteiger partial charge on any atom is 0.132 e. The highest BCUT2D eigenvalue weighted by Gasteiger charge is 2.18. The third-order valence-corrected chi connectivity index (χ3v) is 5.40. The monoisotopic (exact) mass is 380 g/mol. The molecule has 1 atom stereocenters. The van der Waals surface area contributed by atoms with Crippen LogP contribution in [-0.4, -0.2) is 20.7 Å². The van der Waals surface area contributed by atoms with Crippen molar-refractivity contribution in [3.63, 3.8) is 0 Å². The quantitative estimate of drug-likeness (QED) is 0.558. The zero-order chi connectivity index (χ0) is 19.2. The fraction of sp³-hybridized carbons (Fsp3) is 0.333. The number of carbonyl (C=O) groups excluding carboxylic acids is 1. The summed E-state index contributed by atoms with van der Waals surface area (Å²) >= 11 is 1.62. The summed E-state index contributed by atoms with van der Waals surface area (Å²) in [7, 11) is 0. The molecular weight excluding hydrogens is 356 g/mol. The van der Waals surface area contributed by atoms with Gasteiger partial charge in [-0.15, -0.1) is 11.3 Å². The topological polar surface area (TPSA) is 67.8 Å². The van der Waals surface area contributed by atoms with Crippen molar-refractivity contribution in [1.82, 2.24) is 15.0 Å². The third kappa shape index (κ3) is 5.20. The Balaban J connectivity index is 1.81. The second kappa shape index (κ2) is 8.86. The Bertz CT molecular complexity index is 922. The normalized spacial score (nSPS) is 12.0. The molecule has 0 spiro atoms. The summed E-state index contributed by atoms with van der Waals surface area (Å²) in [4.78, 5) is 26.2. The highest BCUT2D eigenvalue weighted by atomic mass is 32.1. The smallest absolute Gasteiger partial charge is 0.132 e. The zero-order valence-corrected chi connectivity index (χ0v) is 16.7. The summed E-state index contributed by atoms with van der Waals surface area (Å²) < 4.78 is 0. The van der Waals surface area contributed by atoms with E-state index >= 15 is 0 Å². The second-order valence-corrected chi connectivity index (χ2v) is 7.77. The van der Waals surface area contributed by atoms with Gasteiger partial charge in [0.05, 0.1) is 15.6 Å². The van der Waals surface area contributed by atoms with Crippen LogP contribution in [0, 0.1) is 6.92 Å². The number of aryl methyl sites for hydroxylation is 1. The van der Waals surface area contributed by atoms with E-state index in [1.165, 1.54) is 0 Å². The molecule has 6 heteroatoms. The lowest BCUT2D eigenvalue weighted by Gasteiger charge is -2.10. The first-order chi connectivity index (χ1) is 13.0. The van der Waals surface area contributed by atoms with Crippen molar-refractivity contribution in [2.45, 2.75) is 46.0 Å². The predicted octanol–water partition coefficient (Wildman–Crippen LogP) is 5.51. The van der Waals surface area contributed by atoms with Crippen LogP contribution in [0.5, 0.6) is 0 Å². The Labute approximate surface area is 163 Å². The van der Waals surface area contributed by atoms with Gasteiger partial charge in [-0.2, -0.15) is 0 Å². The van der Waals surface area contributed by atoms with Gasteiger partial charge in [0.1, 0.15) is 17.4 Å². The molecule has 1 N–H and O–H groups in total. The molecule has 0 saturated heterocycles. The van der Waals surface area contributed by atoms with Gasteiger partial charge in [0.25, 0.3) is 0 Å². The van der Waals surface area contributed by atoms with Gasteiger partial charge in [-0.3, -0.25) is 0 Å². The Morgan fingerprint density at radius 2 is 2.07 bits per heavy atom. The van der Waals surface area contributed by atoms with Crippen LogP contribution in [0.15, 0.2) is 42.7 Å². The van der Waals surface area contributed by atoms with Crippen molar-refractivity contribution in [3.05, 3.63) is 53.3 Å². The third-order valence-electron chi connectivity index (χ3n) is 4.22. The maximum atomic E-state index is 11.6. The lowest BCUT2D eigenvalue weighted by atomic mass is 9.99. The Morgan fingerprint density at radius 3 is 2.81 bits per heavy atom. The highest BCUT2D eigenvalue weighted by Crippen LogP contribution is 2.33. The van der Waals surface area contributed by atoms with Crippen molar-refractivity contribution in [2.24, 2.45) is 0 Å². The molecule has 3 aromatic rings. The number of nitrogens with zero attached hydrogens (tertiary/aromatic N) is 3. The summed E-state index contributed by atoms with van der Waals surface area (Å²) in [6.07, 6.45) is 6.20. The van der Waals surface area contributed by atoms with Gasteiger partial charge in [-0.1, -0.05) is 19.4 Å². The Morgan fingerprint density at radius 1 is 1.22 bits per heavy atom. The number of anilines is 2. The molecule has 140 valence electrons. The first-order valence-electron chi connectivity index (χ1n) is 9.17. The van der Waals surface area contributed by atoms with E-state index in [4.69, 9.17) is 4.98 Å². The molecule has 3 aromatic heterocycles. The summed E-state index contributed by atoms with van der Waals surface area (Å²) in [5.74, 6) is 1.92. The molecule has 0 aromatic carbocycles. The molecule has 0 aliphatic heterocycles. The largest absolute Gasteiger partial charge is 0.325 e. The molecule has 0 fully saturated rings. The van der Waals surface area contributed by atoms with Crippen molar-refractivity contribution >= 4 is 28.8 Å². The second-order valence-electron chi connectivity index (χ2n) is 6.71. The van der Waals surface area contributed by atoms with Gasteiger partial charge >= 0.3 is 0 Å². The number of rotatable bonds is 8. The summed E-state index contributed by atoms with van der Waals surface area (Å²) in [6.45, 7) is 5.81. The first-order valence-corrected chi connectivity index (χ1v) is 9.99. The van der Waals surface area contributed by atoms with Crippen LogP contribution in [0.2, 0.25) is 0 Å². The summed E-state index contributed by atoms with van der Waals surface area (Å²) in [6, 6.07) is 9.81. The molecule has 1 unspecified atom stereocenters. The van der Waals surface area contributed by atoms with E-state index < -0.39 is 0 Å². The van der Waals surface area contributed by atoms with E-state index in [0.29, 0.717) is 6.42 Å². The number of aromatic nitrogens is 3. The molecule has 27 heavy (non-hydrogen) atoms. The van der Waals surface area contributed by atoms with Crippen LogP contribution in [0.3, 0.4) is 0 Å². The fourth-order valence-electron chi connectivity index (χ4n) is 2.98. The average molecular weight is 381 g/mol. The van der Waals surface area contributed by atoms with Gasteiger partial charge in [0.2, 0.25) is 0 Å². The van der Waals surface area contributed by atoms with E-state index in [2.05, 4.69) is 22.2 Å². The molecule has 0 bridgehead atoms. The number of thiazole rings is 1. The number of hydrogen-bond donors (Lipinski definition) is 1. The predicted molar refractivity (Wildman–Crippen MR) is 111 cm³/mol. The molecule has 0 aliphatic rings. The molecule has 0 amide bonds. The summed E-state index contributed by atoms with van der Waals surface area (Å²) in [5.41, 5.74) is 2.01. The maximum absolute atomic E-state index is 11.6. The van der Waals surface area contributed by atoms with Crippen molar-refractivity contribution < 1.29 is 4.79 Å². The standard InChI is InChI=1S/C21H24N4OS/c1-4-6-16(12-15(3)26)21-23-13-18(27-21)17-7-5-8-19(24-17)25-20-11-14(2)9-10-22-20/h5,7-11,13,16H,4,6,12H2,1-3H3,(H,22,24,25). The van der Waals surface area contributed by atoms with Crippen LogP contribution in [0.4, 0.5) is 11.6 Å².